The first kappa shape index (κ1) is 10.7. The normalized spacial score (nSPS) is 22.5. The van der Waals surface area contributed by atoms with Crippen LogP contribution in [-0.2, 0) is 4.79 Å². The Kier molecular flexibility index (Phi) is 3.52. The van der Waals surface area contributed by atoms with Crippen LogP contribution in [0.4, 0.5) is 0 Å². The maximum atomic E-state index is 11.2. The summed E-state index contributed by atoms with van der Waals surface area (Å²) in [5.41, 5.74) is 0.431. The van der Waals surface area contributed by atoms with Crippen molar-refractivity contribution in [2.75, 3.05) is 0 Å². The fourth-order valence-corrected chi connectivity index (χ4v) is 2.23. The highest BCUT2D eigenvalue weighted by Crippen LogP contribution is 2.35. The van der Waals surface area contributed by atoms with E-state index in [-0.39, 0.29) is 0 Å². The van der Waals surface area contributed by atoms with Crippen LogP contribution in [0.25, 0.3) is 0 Å². The first-order valence-electron chi connectivity index (χ1n) is 5.52. The van der Waals surface area contributed by atoms with Crippen LogP contribution in [0.2, 0.25) is 0 Å². The van der Waals surface area contributed by atoms with Gasteiger partial charge in [0.1, 0.15) is 5.78 Å². The molecule has 1 nitrogen and oxygen atoms in total. The quantitative estimate of drug-likeness (QED) is 0.559. The fraction of sp³-hybridized carbons (Fsp3) is 0.917. The molecule has 1 saturated carbocycles. The monoisotopic (exact) mass is 182 g/mol. The summed E-state index contributed by atoms with van der Waals surface area (Å²) in [5.74, 6) is 1.30. The molecule has 0 aromatic rings. The molecule has 76 valence electrons. The first-order valence-corrected chi connectivity index (χ1v) is 5.52. The molecule has 1 fully saturated rings. The van der Waals surface area contributed by atoms with Crippen LogP contribution in [-0.4, -0.2) is 5.78 Å². The van der Waals surface area contributed by atoms with Gasteiger partial charge in [-0.3, -0.25) is 4.79 Å². The zero-order chi connectivity index (χ0) is 9.90. The van der Waals surface area contributed by atoms with E-state index in [1.807, 2.05) is 0 Å². The topological polar surface area (TPSA) is 17.1 Å². The molecule has 0 bridgehead atoms. The SMILES string of the molecule is CC(C)(C)C1CCCC(=O)CCC1. The van der Waals surface area contributed by atoms with Crippen LogP contribution >= 0.6 is 0 Å². The molecule has 0 aromatic carbocycles. The summed E-state index contributed by atoms with van der Waals surface area (Å²) in [6.45, 7) is 6.96. The summed E-state index contributed by atoms with van der Waals surface area (Å²) < 4.78 is 0. The van der Waals surface area contributed by atoms with E-state index < -0.39 is 0 Å². The highest BCUT2D eigenvalue weighted by Gasteiger charge is 2.25. The zero-order valence-electron chi connectivity index (χ0n) is 9.23. The molecular formula is C12H22O. The molecule has 1 rings (SSSR count). The minimum Gasteiger partial charge on any atom is -0.300 e. The van der Waals surface area contributed by atoms with Crippen LogP contribution in [0.1, 0.15) is 59.3 Å². The summed E-state index contributed by atoms with van der Waals surface area (Å²) in [4.78, 5) is 11.2. The van der Waals surface area contributed by atoms with Crippen LogP contribution in [0.5, 0.6) is 0 Å². The van der Waals surface area contributed by atoms with Crippen molar-refractivity contribution in [3.05, 3.63) is 0 Å². The van der Waals surface area contributed by atoms with E-state index in [0.717, 1.165) is 31.6 Å². The molecule has 0 amide bonds. The summed E-state index contributed by atoms with van der Waals surface area (Å²) in [6.07, 6.45) is 6.37. The van der Waals surface area contributed by atoms with E-state index >= 15 is 0 Å². The minimum atomic E-state index is 0.431. The largest absolute Gasteiger partial charge is 0.300 e. The molecule has 0 heterocycles. The van der Waals surface area contributed by atoms with Gasteiger partial charge in [-0.15, -0.1) is 0 Å². The van der Waals surface area contributed by atoms with Gasteiger partial charge in [-0.1, -0.05) is 20.8 Å². The predicted octanol–water partition coefficient (Wildman–Crippen LogP) is 3.57. The first-order chi connectivity index (χ1) is 6.00. The Labute approximate surface area is 81.9 Å². The summed E-state index contributed by atoms with van der Waals surface area (Å²) in [6, 6.07) is 0. The average Bonchev–Trinajstić information content (AvgIpc) is 1.93. The summed E-state index contributed by atoms with van der Waals surface area (Å²) in [7, 11) is 0. The molecule has 13 heavy (non-hydrogen) atoms. The second kappa shape index (κ2) is 4.26. The molecule has 1 heteroatoms. The number of rotatable bonds is 0. The van der Waals surface area contributed by atoms with Crippen molar-refractivity contribution in [2.45, 2.75) is 59.3 Å². The highest BCUT2D eigenvalue weighted by atomic mass is 16.1. The molecule has 0 spiro atoms. The second-order valence-corrected chi connectivity index (χ2v) is 5.39. The number of hydrogen-bond acceptors (Lipinski definition) is 1. The van der Waals surface area contributed by atoms with Crippen molar-refractivity contribution < 1.29 is 4.79 Å². The molecule has 0 N–H and O–H groups in total. The van der Waals surface area contributed by atoms with Crippen molar-refractivity contribution in [1.29, 1.82) is 0 Å². The molecule has 0 atom stereocenters. The lowest BCUT2D eigenvalue weighted by Gasteiger charge is -2.32. The van der Waals surface area contributed by atoms with E-state index in [0.29, 0.717) is 11.2 Å². The van der Waals surface area contributed by atoms with Crippen molar-refractivity contribution in [3.63, 3.8) is 0 Å². The Balaban J connectivity index is 2.46. The van der Waals surface area contributed by atoms with Crippen LogP contribution in [0, 0.1) is 11.3 Å². The lowest BCUT2D eigenvalue weighted by Crippen LogP contribution is -2.22. The van der Waals surface area contributed by atoms with Gasteiger partial charge < -0.3 is 0 Å². The zero-order valence-corrected chi connectivity index (χ0v) is 9.23. The Morgan fingerprint density at radius 1 is 1.08 bits per heavy atom. The average molecular weight is 182 g/mol. The number of ketones is 1. The number of hydrogen-bond donors (Lipinski definition) is 0. The third-order valence-electron chi connectivity index (χ3n) is 3.24. The Morgan fingerprint density at radius 2 is 1.54 bits per heavy atom. The van der Waals surface area contributed by atoms with Gasteiger partial charge in [0.05, 0.1) is 0 Å². The maximum Gasteiger partial charge on any atom is 0.132 e. The van der Waals surface area contributed by atoms with Gasteiger partial charge in [-0.2, -0.15) is 0 Å². The van der Waals surface area contributed by atoms with Crippen LogP contribution in [0.3, 0.4) is 0 Å². The Bertz CT molecular complexity index is 164. The van der Waals surface area contributed by atoms with E-state index in [1.54, 1.807) is 0 Å². The Morgan fingerprint density at radius 3 is 1.92 bits per heavy atom. The molecule has 0 radical (unpaired) electrons. The smallest absolute Gasteiger partial charge is 0.132 e. The number of Topliss-reactive ketones (excluding diaryl/α,β-unsaturated/α-hetero) is 1. The van der Waals surface area contributed by atoms with Gasteiger partial charge in [-0.05, 0) is 37.0 Å². The fourth-order valence-electron chi connectivity index (χ4n) is 2.23. The van der Waals surface area contributed by atoms with Gasteiger partial charge in [0.2, 0.25) is 0 Å². The lowest BCUT2D eigenvalue weighted by molar-refractivity contribution is -0.119. The van der Waals surface area contributed by atoms with E-state index in [1.165, 1.54) is 12.8 Å². The molecule has 0 saturated heterocycles. The van der Waals surface area contributed by atoms with Crippen molar-refractivity contribution in [1.82, 2.24) is 0 Å². The summed E-state index contributed by atoms with van der Waals surface area (Å²) >= 11 is 0. The van der Waals surface area contributed by atoms with E-state index in [9.17, 15) is 4.79 Å². The van der Waals surface area contributed by atoms with Crippen molar-refractivity contribution in [3.8, 4) is 0 Å². The number of carbonyl (C=O) groups is 1. The lowest BCUT2D eigenvalue weighted by atomic mass is 9.74. The maximum absolute atomic E-state index is 11.2. The highest BCUT2D eigenvalue weighted by molar-refractivity contribution is 5.78. The van der Waals surface area contributed by atoms with Gasteiger partial charge in [0, 0.05) is 12.8 Å². The molecule has 1 aliphatic rings. The van der Waals surface area contributed by atoms with Gasteiger partial charge in [-0.25, -0.2) is 0 Å². The molecule has 1 aliphatic carbocycles. The predicted molar refractivity (Wildman–Crippen MR) is 55.7 cm³/mol. The standard InChI is InChI=1S/C12H22O/c1-12(2,3)10-6-4-8-11(13)9-5-7-10/h10H,4-9H2,1-3H3. The second-order valence-electron chi connectivity index (χ2n) is 5.39. The molecular weight excluding hydrogens is 160 g/mol. The molecule has 0 aliphatic heterocycles. The van der Waals surface area contributed by atoms with Crippen molar-refractivity contribution >= 4 is 5.78 Å². The summed E-state index contributed by atoms with van der Waals surface area (Å²) in [5, 5.41) is 0. The van der Waals surface area contributed by atoms with Gasteiger partial charge in [0.15, 0.2) is 0 Å². The third-order valence-corrected chi connectivity index (χ3v) is 3.24. The molecule has 0 aromatic heterocycles. The van der Waals surface area contributed by atoms with E-state index in [4.69, 9.17) is 0 Å². The van der Waals surface area contributed by atoms with Crippen LogP contribution in [0.15, 0.2) is 0 Å². The third kappa shape index (κ3) is 3.50. The Hall–Kier alpha value is -0.330. The van der Waals surface area contributed by atoms with E-state index in [2.05, 4.69) is 20.8 Å². The van der Waals surface area contributed by atoms with Crippen LogP contribution < -0.4 is 0 Å². The van der Waals surface area contributed by atoms with Gasteiger partial charge in [0.25, 0.3) is 0 Å². The minimum absolute atomic E-state index is 0.431. The van der Waals surface area contributed by atoms with Gasteiger partial charge >= 0.3 is 0 Å². The van der Waals surface area contributed by atoms with Crippen molar-refractivity contribution in [2.24, 2.45) is 11.3 Å². The molecule has 0 unspecified atom stereocenters. The number of carbonyl (C=O) groups excluding carboxylic acids is 1.